The van der Waals surface area contributed by atoms with Gasteiger partial charge in [-0.3, -0.25) is 19.1 Å². The maximum absolute atomic E-state index is 12.9. The quantitative estimate of drug-likeness (QED) is 0.332. The minimum absolute atomic E-state index is 0.271. The van der Waals surface area contributed by atoms with Crippen molar-refractivity contribution in [3.63, 3.8) is 0 Å². The van der Waals surface area contributed by atoms with E-state index in [0.29, 0.717) is 34.6 Å². The lowest BCUT2D eigenvalue weighted by Gasteiger charge is -2.15. The number of hydrogen-bond acceptors (Lipinski definition) is 6. The monoisotopic (exact) mass is 480 g/mol. The number of esters is 1. The summed E-state index contributed by atoms with van der Waals surface area (Å²) < 4.78 is 6.42. The van der Waals surface area contributed by atoms with Crippen LogP contribution in [0.5, 0.6) is 0 Å². The number of rotatable bonds is 6. The highest BCUT2D eigenvalue weighted by Gasteiger charge is 2.36. The van der Waals surface area contributed by atoms with E-state index in [1.165, 1.54) is 19.4 Å². The molecular formula is C27H20N4O5. The normalized spacial score (nSPS) is 12.4. The Bertz CT molecular complexity index is 1490. The largest absolute Gasteiger partial charge is 0.465 e. The number of benzene rings is 3. The molecule has 3 amide bonds. The van der Waals surface area contributed by atoms with Gasteiger partial charge in [-0.05, 0) is 42.0 Å². The second-order valence-electron chi connectivity index (χ2n) is 8.07. The van der Waals surface area contributed by atoms with E-state index in [1.807, 2.05) is 6.07 Å². The van der Waals surface area contributed by atoms with Gasteiger partial charge in [0.05, 0.1) is 47.9 Å². The molecule has 2 heterocycles. The van der Waals surface area contributed by atoms with Gasteiger partial charge in [-0.25, -0.2) is 9.69 Å². The van der Waals surface area contributed by atoms with Crippen molar-refractivity contribution in [2.75, 3.05) is 17.3 Å². The SMILES string of the molecule is COC(=O)c1ccccc1Cn1cc(NC(=O)c2cccc(N3C(=O)c4ccccc4C3=O)c2)cn1. The first-order valence-corrected chi connectivity index (χ1v) is 11.0. The van der Waals surface area contributed by atoms with Crippen LogP contribution in [0.1, 0.15) is 47.0 Å². The number of amides is 3. The van der Waals surface area contributed by atoms with Crippen molar-refractivity contribution in [2.45, 2.75) is 6.54 Å². The lowest BCUT2D eigenvalue weighted by Crippen LogP contribution is -2.29. The van der Waals surface area contributed by atoms with Gasteiger partial charge in [0.25, 0.3) is 17.7 Å². The molecule has 1 N–H and O–H groups in total. The molecule has 1 aromatic heterocycles. The van der Waals surface area contributed by atoms with E-state index in [0.717, 1.165) is 10.5 Å². The predicted molar refractivity (Wildman–Crippen MR) is 131 cm³/mol. The maximum atomic E-state index is 12.9. The van der Waals surface area contributed by atoms with Crippen molar-refractivity contribution in [1.82, 2.24) is 9.78 Å². The molecule has 9 nitrogen and oxygen atoms in total. The molecule has 0 saturated heterocycles. The van der Waals surface area contributed by atoms with Crippen LogP contribution in [0.3, 0.4) is 0 Å². The fraction of sp³-hybridized carbons (Fsp3) is 0.0741. The van der Waals surface area contributed by atoms with E-state index in [1.54, 1.807) is 71.5 Å². The summed E-state index contributed by atoms with van der Waals surface area (Å²) >= 11 is 0. The van der Waals surface area contributed by atoms with Crippen molar-refractivity contribution in [1.29, 1.82) is 0 Å². The second-order valence-corrected chi connectivity index (χ2v) is 8.07. The Morgan fingerprint density at radius 3 is 2.33 bits per heavy atom. The van der Waals surface area contributed by atoms with Gasteiger partial charge in [0, 0.05) is 11.8 Å². The number of nitrogens with zero attached hydrogens (tertiary/aromatic N) is 3. The van der Waals surface area contributed by atoms with Gasteiger partial charge in [0.15, 0.2) is 0 Å². The minimum Gasteiger partial charge on any atom is -0.465 e. The highest BCUT2D eigenvalue weighted by Crippen LogP contribution is 2.29. The van der Waals surface area contributed by atoms with Crippen LogP contribution in [0.15, 0.2) is 85.2 Å². The van der Waals surface area contributed by atoms with Crippen molar-refractivity contribution < 1.29 is 23.9 Å². The molecule has 1 aliphatic rings. The number of ether oxygens (including phenoxy) is 1. The van der Waals surface area contributed by atoms with Gasteiger partial charge in [-0.15, -0.1) is 0 Å². The Kier molecular flexibility index (Phi) is 5.87. The van der Waals surface area contributed by atoms with Crippen molar-refractivity contribution in [2.24, 2.45) is 0 Å². The Labute approximate surface area is 205 Å². The summed E-state index contributed by atoms with van der Waals surface area (Å²) in [5.74, 6) is -1.73. The van der Waals surface area contributed by atoms with Crippen LogP contribution < -0.4 is 10.2 Å². The molecule has 1 aliphatic heterocycles. The van der Waals surface area contributed by atoms with Gasteiger partial charge in [0.1, 0.15) is 0 Å². The average molecular weight is 480 g/mol. The van der Waals surface area contributed by atoms with Gasteiger partial charge in [-0.2, -0.15) is 5.10 Å². The number of aromatic nitrogens is 2. The second kappa shape index (κ2) is 9.30. The molecule has 0 fully saturated rings. The van der Waals surface area contributed by atoms with Crippen LogP contribution in [-0.2, 0) is 11.3 Å². The van der Waals surface area contributed by atoms with Crippen molar-refractivity contribution in [3.8, 4) is 0 Å². The number of carbonyl (C=O) groups excluding carboxylic acids is 4. The first-order valence-electron chi connectivity index (χ1n) is 11.0. The Hall–Kier alpha value is -5.05. The molecule has 0 aliphatic carbocycles. The summed E-state index contributed by atoms with van der Waals surface area (Å²) in [7, 11) is 1.32. The van der Waals surface area contributed by atoms with E-state index < -0.39 is 23.7 Å². The number of methoxy groups -OCH3 is 1. The lowest BCUT2D eigenvalue weighted by atomic mass is 10.1. The summed E-state index contributed by atoms with van der Waals surface area (Å²) in [4.78, 5) is 51.6. The zero-order chi connectivity index (χ0) is 25.2. The van der Waals surface area contributed by atoms with Gasteiger partial charge in [0.2, 0.25) is 0 Å². The Balaban J connectivity index is 1.31. The number of fused-ring (bicyclic) bond motifs is 1. The first-order chi connectivity index (χ1) is 17.5. The number of nitrogens with one attached hydrogen (secondary N) is 1. The average Bonchev–Trinajstić information content (AvgIpc) is 3.45. The highest BCUT2D eigenvalue weighted by molar-refractivity contribution is 6.34. The molecule has 36 heavy (non-hydrogen) atoms. The topological polar surface area (TPSA) is 111 Å². The first kappa shape index (κ1) is 22.7. The van der Waals surface area contributed by atoms with Crippen LogP contribution >= 0.6 is 0 Å². The smallest absolute Gasteiger partial charge is 0.338 e. The number of anilines is 2. The van der Waals surface area contributed by atoms with E-state index in [9.17, 15) is 19.2 Å². The number of carbonyl (C=O) groups is 4. The fourth-order valence-corrected chi connectivity index (χ4v) is 4.07. The molecule has 4 aromatic rings. The van der Waals surface area contributed by atoms with Crippen molar-refractivity contribution >= 4 is 35.1 Å². The zero-order valence-corrected chi connectivity index (χ0v) is 19.2. The molecule has 0 unspecified atom stereocenters. The third kappa shape index (κ3) is 4.14. The summed E-state index contributed by atoms with van der Waals surface area (Å²) in [6.45, 7) is 0.302. The summed E-state index contributed by atoms with van der Waals surface area (Å²) in [6.07, 6.45) is 3.13. The molecule has 0 radical (unpaired) electrons. The van der Waals surface area contributed by atoms with Gasteiger partial charge >= 0.3 is 5.97 Å². The molecule has 0 bridgehead atoms. The molecule has 9 heteroatoms. The van der Waals surface area contributed by atoms with E-state index in [-0.39, 0.29) is 5.56 Å². The van der Waals surface area contributed by atoms with Crippen LogP contribution in [0.25, 0.3) is 0 Å². The van der Waals surface area contributed by atoms with E-state index >= 15 is 0 Å². The van der Waals surface area contributed by atoms with Gasteiger partial charge in [-0.1, -0.05) is 36.4 Å². The number of imide groups is 1. The zero-order valence-electron chi connectivity index (χ0n) is 19.2. The molecule has 0 atom stereocenters. The van der Waals surface area contributed by atoms with Crippen LogP contribution in [-0.4, -0.2) is 40.6 Å². The van der Waals surface area contributed by atoms with Gasteiger partial charge < -0.3 is 10.1 Å². The molecule has 178 valence electrons. The van der Waals surface area contributed by atoms with Crippen molar-refractivity contribution in [3.05, 3.63) is 113 Å². The van der Waals surface area contributed by atoms with E-state index in [4.69, 9.17) is 4.74 Å². The molecular weight excluding hydrogens is 460 g/mol. The van der Waals surface area contributed by atoms with Crippen LogP contribution in [0, 0.1) is 0 Å². The predicted octanol–water partition coefficient (Wildman–Crippen LogP) is 3.77. The van der Waals surface area contributed by atoms with E-state index in [2.05, 4.69) is 10.4 Å². The summed E-state index contributed by atoms with van der Waals surface area (Å²) in [5.41, 5.74) is 2.85. The van der Waals surface area contributed by atoms with Crippen LogP contribution in [0.4, 0.5) is 11.4 Å². The maximum Gasteiger partial charge on any atom is 0.338 e. The lowest BCUT2D eigenvalue weighted by molar-refractivity contribution is 0.0598. The molecule has 0 saturated carbocycles. The summed E-state index contributed by atoms with van der Waals surface area (Å²) in [6, 6.07) is 20.0. The molecule has 3 aromatic carbocycles. The summed E-state index contributed by atoms with van der Waals surface area (Å²) in [5, 5.41) is 7.03. The minimum atomic E-state index is -0.441. The molecule has 0 spiro atoms. The number of hydrogen-bond donors (Lipinski definition) is 1. The third-order valence-electron chi connectivity index (χ3n) is 5.81. The third-order valence-corrected chi connectivity index (χ3v) is 5.81. The van der Waals surface area contributed by atoms with Crippen LogP contribution in [0.2, 0.25) is 0 Å². The Morgan fingerprint density at radius 2 is 1.61 bits per heavy atom. The fourth-order valence-electron chi connectivity index (χ4n) is 4.07. The standard InChI is InChI=1S/C27H20N4O5/c1-36-27(35)21-10-3-2-7-18(21)15-30-16-19(14-28-30)29-24(32)17-8-6-9-20(13-17)31-25(33)22-11-4-5-12-23(22)26(31)34/h2-14,16H,15H2,1H3,(H,29,32). The highest BCUT2D eigenvalue weighted by atomic mass is 16.5. The Morgan fingerprint density at radius 1 is 0.917 bits per heavy atom. The molecule has 5 rings (SSSR count).